The Morgan fingerprint density at radius 3 is 2.59 bits per heavy atom. The fourth-order valence-corrected chi connectivity index (χ4v) is 3.62. The van der Waals surface area contributed by atoms with Crippen molar-refractivity contribution >= 4 is 39.3 Å². The minimum Gasteiger partial charge on any atom is -0.449 e. The minimum absolute atomic E-state index is 0.256. The molecule has 0 aliphatic heterocycles. The number of rotatable bonds is 6. The van der Waals surface area contributed by atoms with Gasteiger partial charge in [-0.15, -0.1) is 0 Å². The molecule has 0 saturated heterocycles. The summed E-state index contributed by atoms with van der Waals surface area (Å²) in [6, 6.07) is 20.9. The molecule has 1 heterocycles. The van der Waals surface area contributed by atoms with E-state index in [-0.39, 0.29) is 5.92 Å². The van der Waals surface area contributed by atoms with Gasteiger partial charge in [0.05, 0.1) is 23.3 Å². The maximum atomic E-state index is 12.0. The number of aliphatic hydroxyl groups excluding tert-OH is 1. The van der Waals surface area contributed by atoms with Gasteiger partial charge in [0.25, 0.3) is 0 Å². The fourth-order valence-electron chi connectivity index (χ4n) is 3.62. The van der Waals surface area contributed by atoms with Gasteiger partial charge >= 0.3 is 6.09 Å². The van der Waals surface area contributed by atoms with Crippen molar-refractivity contribution in [2.45, 2.75) is 27.0 Å². The lowest BCUT2D eigenvalue weighted by molar-refractivity contribution is 0.147. The number of aliphatic hydroxyl groups is 1. The quantitative estimate of drug-likeness (QED) is 0.258. The van der Waals surface area contributed by atoms with Gasteiger partial charge in [0, 0.05) is 22.0 Å². The summed E-state index contributed by atoms with van der Waals surface area (Å²) >= 11 is 0. The first-order chi connectivity index (χ1) is 15.4. The molecular weight excluding hydrogens is 402 g/mol. The van der Waals surface area contributed by atoms with Crippen molar-refractivity contribution in [1.29, 1.82) is 0 Å². The zero-order chi connectivity index (χ0) is 22.7. The molecule has 1 aromatic heterocycles. The van der Waals surface area contributed by atoms with Gasteiger partial charge in [-0.25, -0.2) is 9.78 Å². The molecule has 164 valence electrons. The summed E-state index contributed by atoms with van der Waals surface area (Å²) in [6.45, 7) is 6.32. The van der Waals surface area contributed by atoms with Gasteiger partial charge in [-0.2, -0.15) is 0 Å². The summed E-state index contributed by atoms with van der Waals surface area (Å²) in [5.41, 5.74) is 4.80. The molecule has 4 aromatic rings. The lowest BCUT2D eigenvalue weighted by Crippen LogP contribution is -2.17. The van der Waals surface area contributed by atoms with Gasteiger partial charge in [-0.3, -0.25) is 5.32 Å². The first-order valence-corrected chi connectivity index (χ1v) is 10.7. The molecule has 0 saturated carbocycles. The molecule has 0 radical (unpaired) electrons. The molecule has 3 aromatic carbocycles. The Morgan fingerprint density at radius 2 is 1.78 bits per heavy atom. The standard InChI is InChI=1S/C26H27N3O3/c1-16(2)15-32-26(31)27-19-10-7-9-18(14-19)25(30)29-24-20-11-4-5-13-22(20)28-23-17(3)8-6-12-21(23)24/h4-14,16,25,30H,15H2,1-3H3,(H,27,31)(H,28,29). The predicted molar refractivity (Wildman–Crippen MR) is 129 cm³/mol. The SMILES string of the molecule is Cc1cccc2c(NC(O)c3cccc(NC(=O)OCC(C)C)c3)c3ccccc3nc12. The highest BCUT2D eigenvalue weighted by atomic mass is 16.5. The van der Waals surface area contributed by atoms with E-state index in [2.05, 4.69) is 10.6 Å². The van der Waals surface area contributed by atoms with Gasteiger partial charge in [-0.1, -0.05) is 62.4 Å². The van der Waals surface area contributed by atoms with Crippen LogP contribution in [0.3, 0.4) is 0 Å². The van der Waals surface area contributed by atoms with Crippen LogP contribution in [-0.2, 0) is 4.74 Å². The second-order valence-corrected chi connectivity index (χ2v) is 8.26. The van der Waals surface area contributed by atoms with E-state index in [1.807, 2.05) is 63.2 Å². The average molecular weight is 430 g/mol. The van der Waals surface area contributed by atoms with Gasteiger partial charge in [-0.05, 0) is 36.6 Å². The van der Waals surface area contributed by atoms with E-state index < -0.39 is 12.3 Å². The molecule has 32 heavy (non-hydrogen) atoms. The third-order valence-electron chi connectivity index (χ3n) is 5.19. The van der Waals surface area contributed by atoms with Gasteiger partial charge < -0.3 is 15.2 Å². The Bertz CT molecular complexity index is 1270. The van der Waals surface area contributed by atoms with Crippen LogP contribution in [0.25, 0.3) is 21.8 Å². The zero-order valence-electron chi connectivity index (χ0n) is 18.4. The lowest BCUT2D eigenvalue weighted by atomic mass is 10.0. The van der Waals surface area contributed by atoms with Crippen LogP contribution in [0.1, 0.15) is 31.2 Å². The molecule has 0 aliphatic carbocycles. The van der Waals surface area contributed by atoms with Crippen LogP contribution >= 0.6 is 0 Å². The second-order valence-electron chi connectivity index (χ2n) is 8.26. The molecule has 4 rings (SSSR count). The van der Waals surface area contributed by atoms with Gasteiger partial charge in [0.1, 0.15) is 0 Å². The summed E-state index contributed by atoms with van der Waals surface area (Å²) in [7, 11) is 0. The van der Waals surface area contributed by atoms with Crippen LogP contribution in [-0.4, -0.2) is 22.8 Å². The van der Waals surface area contributed by atoms with Crippen molar-refractivity contribution in [1.82, 2.24) is 4.98 Å². The fraction of sp³-hybridized carbons (Fsp3) is 0.231. The average Bonchev–Trinajstić information content (AvgIpc) is 2.78. The number of amides is 1. The van der Waals surface area contributed by atoms with E-state index in [1.165, 1.54) is 0 Å². The maximum absolute atomic E-state index is 12.0. The number of aromatic nitrogens is 1. The molecule has 1 amide bonds. The number of fused-ring (bicyclic) bond motifs is 2. The lowest BCUT2D eigenvalue weighted by Gasteiger charge is -2.19. The topological polar surface area (TPSA) is 83.5 Å². The van der Waals surface area contributed by atoms with Gasteiger partial charge in [0.15, 0.2) is 6.23 Å². The molecule has 1 atom stereocenters. The Kier molecular flexibility index (Phi) is 6.23. The largest absolute Gasteiger partial charge is 0.449 e. The van der Waals surface area contributed by atoms with Crippen LogP contribution in [0.15, 0.2) is 66.7 Å². The van der Waals surface area contributed by atoms with Crippen molar-refractivity contribution < 1.29 is 14.6 Å². The number of pyridine rings is 1. The van der Waals surface area contributed by atoms with Crippen LogP contribution < -0.4 is 10.6 Å². The Labute approximate surface area is 187 Å². The monoisotopic (exact) mass is 429 g/mol. The number of aryl methyl sites for hydroxylation is 1. The number of benzene rings is 3. The molecule has 1 unspecified atom stereocenters. The normalized spacial score (nSPS) is 12.2. The number of nitrogens with one attached hydrogen (secondary N) is 2. The van der Waals surface area contributed by atoms with E-state index in [0.717, 1.165) is 33.1 Å². The number of para-hydroxylation sites is 2. The number of hydrogen-bond acceptors (Lipinski definition) is 5. The Hall–Kier alpha value is -3.64. The van der Waals surface area contributed by atoms with Crippen molar-refractivity contribution in [3.63, 3.8) is 0 Å². The summed E-state index contributed by atoms with van der Waals surface area (Å²) in [6.07, 6.45) is -1.50. The smallest absolute Gasteiger partial charge is 0.411 e. The molecule has 0 fully saturated rings. The zero-order valence-corrected chi connectivity index (χ0v) is 18.4. The first kappa shape index (κ1) is 21.6. The molecule has 0 bridgehead atoms. The third kappa shape index (κ3) is 4.65. The number of ether oxygens (including phenoxy) is 1. The first-order valence-electron chi connectivity index (χ1n) is 10.7. The van der Waals surface area contributed by atoms with Crippen LogP contribution in [0.5, 0.6) is 0 Å². The predicted octanol–water partition coefficient (Wildman–Crippen LogP) is 6.00. The van der Waals surface area contributed by atoms with E-state index in [1.54, 1.807) is 24.3 Å². The van der Waals surface area contributed by atoms with Crippen LogP contribution in [0, 0.1) is 12.8 Å². The summed E-state index contributed by atoms with van der Waals surface area (Å²) in [4.78, 5) is 16.8. The van der Waals surface area contributed by atoms with E-state index in [9.17, 15) is 9.90 Å². The molecule has 3 N–H and O–H groups in total. The van der Waals surface area contributed by atoms with Crippen molar-refractivity contribution in [3.05, 3.63) is 77.9 Å². The van der Waals surface area contributed by atoms with Crippen LogP contribution in [0.4, 0.5) is 16.2 Å². The maximum Gasteiger partial charge on any atom is 0.411 e. The van der Waals surface area contributed by atoms with Crippen molar-refractivity contribution in [2.75, 3.05) is 17.2 Å². The van der Waals surface area contributed by atoms with E-state index in [4.69, 9.17) is 9.72 Å². The highest BCUT2D eigenvalue weighted by Gasteiger charge is 2.15. The van der Waals surface area contributed by atoms with E-state index in [0.29, 0.717) is 17.9 Å². The third-order valence-corrected chi connectivity index (χ3v) is 5.19. The summed E-state index contributed by atoms with van der Waals surface area (Å²) in [5, 5.41) is 18.9. The summed E-state index contributed by atoms with van der Waals surface area (Å²) in [5.74, 6) is 0.256. The number of carbonyl (C=O) groups excluding carboxylic acids is 1. The minimum atomic E-state index is -0.988. The molecule has 6 heteroatoms. The number of anilines is 2. The van der Waals surface area contributed by atoms with E-state index >= 15 is 0 Å². The number of nitrogens with zero attached hydrogens (tertiary/aromatic N) is 1. The summed E-state index contributed by atoms with van der Waals surface area (Å²) < 4.78 is 5.18. The van der Waals surface area contributed by atoms with Crippen molar-refractivity contribution in [3.8, 4) is 0 Å². The molecule has 6 nitrogen and oxygen atoms in total. The van der Waals surface area contributed by atoms with Crippen molar-refractivity contribution in [2.24, 2.45) is 5.92 Å². The molecule has 0 spiro atoms. The van der Waals surface area contributed by atoms with Gasteiger partial charge in [0.2, 0.25) is 0 Å². The Morgan fingerprint density at radius 1 is 1.03 bits per heavy atom. The van der Waals surface area contributed by atoms with Crippen LogP contribution in [0.2, 0.25) is 0 Å². The highest BCUT2D eigenvalue weighted by Crippen LogP contribution is 2.34. The second kappa shape index (κ2) is 9.24. The molecular formula is C26H27N3O3. The number of carbonyl (C=O) groups is 1. The Balaban J connectivity index is 1.64. The molecule has 0 aliphatic rings. The number of hydrogen-bond donors (Lipinski definition) is 3. The highest BCUT2D eigenvalue weighted by molar-refractivity contribution is 6.08.